The molecule has 6 heteroatoms. The van der Waals surface area contributed by atoms with Crippen LogP contribution < -0.4 is 4.74 Å². The summed E-state index contributed by atoms with van der Waals surface area (Å²) in [5, 5.41) is 8.73. The van der Waals surface area contributed by atoms with Gasteiger partial charge in [0.05, 0.1) is 18.4 Å². The first-order chi connectivity index (χ1) is 12.3. The number of benzene rings is 1. The number of ether oxygens (including phenoxy) is 1. The third-order valence-electron chi connectivity index (χ3n) is 4.48. The molecule has 0 saturated heterocycles. The summed E-state index contributed by atoms with van der Waals surface area (Å²) < 4.78 is 7.70. The predicted molar refractivity (Wildman–Crippen MR) is 99.8 cm³/mol. The maximum atomic E-state index is 5.52. The van der Waals surface area contributed by atoms with Crippen molar-refractivity contribution in [2.75, 3.05) is 7.11 Å². The first-order valence-corrected chi connectivity index (χ1v) is 8.95. The van der Waals surface area contributed by atoms with Crippen LogP contribution in [-0.4, -0.2) is 26.9 Å². The third kappa shape index (κ3) is 3.26. The van der Waals surface area contributed by atoms with Crippen LogP contribution in [0.1, 0.15) is 29.6 Å². The largest absolute Gasteiger partial charge is 0.496 e. The van der Waals surface area contributed by atoms with E-state index >= 15 is 0 Å². The normalized spacial score (nSPS) is 15.1. The van der Waals surface area contributed by atoms with E-state index in [-0.39, 0.29) is 5.25 Å². The molecule has 0 bridgehead atoms. The molecule has 1 fully saturated rings. The number of thiol groups is 1. The fourth-order valence-electron chi connectivity index (χ4n) is 2.95. The summed E-state index contributed by atoms with van der Waals surface area (Å²) in [5.41, 5.74) is 1.83. The van der Waals surface area contributed by atoms with Gasteiger partial charge in [-0.3, -0.25) is 4.98 Å². The Morgan fingerprint density at radius 1 is 1.16 bits per heavy atom. The molecule has 5 nitrogen and oxygen atoms in total. The van der Waals surface area contributed by atoms with Gasteiger partial charge in [-0.05, 0) is 43.0 Å². The van der Waals surface area contributed by atoms with Gasteiger partial charge in [-0.1, -0.05) is 18.2 Å². The molecule has 1 aromatic carbocycles. The number of aromatic nitrogens is 4. The zero-order valence-corrected chi connectivity index (χ0v) is 14.9. The van der Waals surface area contributed by atoms with E-state index in [1.54, 1.807) is 13.3 Å². The molecule has 0 spiro atoms. The summed E-state index contributed by atoms with van der Waals surface area (Å²) in [5.74, 6) is 3.14. The second-order valence-corrected chi connectivity index (χ2v) is 6.81. The molecule has 3 aromatic rings. The third-order valence-corrected chi connectivity index (χ3v) is 4.97. The monoisotopic (exact) mass is 352 g/mol. The van der Waals surface area contributed by atoms with Crippen LogP contribution in [0, 0.1) is 5.92 Å². The lowest BCUT2D eigenvalue weighted by atomic mass is 10.1. The average Bonchev–Trinajstić information content (AvgIpc) is 3.39. The van der Waals surface area contributed by atoms with Gasteiger partial charge in [0.25, 0.3) is 0 Å². The minimum absolute atomic E-state index is 0.212. The highest BCUT2D eigenvalue weighted by Gasteiger charge is 2.28. The molecular weight excluding hydrogens is 332 g/mol. The molecule has 1 unspecified atom stereocenters. The lowest BCUT2D eigenvalue weighted by molar-refractivity contribution is 0.415. The van der Waals surface area contributed by atoms with Crippen molar-refractivity contribution in [3.05, 3.63) is 60.2 Å². The van der Waals surface area contributed by atoms with Gasteiger partial charge in [-0.15, -0.1) is 10.2 Å². The lowest BCUT2D eigenvalue weighted by Crippen LogP contribution is -2.11. The number of para-hydroxylation sites is 1. The summed E-state index contributed by atoms with van der Waals surface area (Å²) in [6.07, 6.45) is 4.29. The Labute approximate surface area is 152 Å². The Hall–Kier alpha value is -2.34. The van der Waals surface area contributed by atoms with Crippen molar-refractivity contribution in [2.24, 2.45) is 5.92 Å². The number of hydrogen-bond acceptors (Lipinski definition) is 5. The van der Waals surface area contributed by atoms with Crippen molar-refractivity contribution in [1.29, 1.82) is 0 Å². The fourth-order valence-corrected chi connectivity index (χ4v) is 3.30. The van der Waals surface area contributed by atoms with Gasteiger partial charge in [-0.2, -0.15) is 12.6 Å². The van der Waals surface area contributed by atoms with Crippen molar-refractivity contribution in [3.8, 4) is 17.1 Å². The Kier molecular flexibility index (Phi) is 4.44. The van der Waals surface area contributed by atoms with E-state index in [2.05, 4.69) is 19.7 Å². The van der Waals surface area contributed by atoms with Gasteiger partial charge in [0.2, 0.25) is 0 Å². The highest BCUT2D eigenvalue weighted by molar-refractivity contribution is 7.80. The second kappa shape index (κ2) is 6.88. The molecule has 25 heavy (non-hydrogen) atoms. The van der Waals surface area contributed by atoms with Gasteiger partial charge in [0, 0.05) is 12.7 Å². The van der Waals surface area contributed by atoms with Gasteiger partial charge in [-0.25, -0.2) is 0 Å². The Morgan fingerprint density at radius 3 is 2.68 bits per heavy atom. The molecule has 0 N–H and O–H groups in total. The second-order valence-electron chi connectivity index (χ2n) is 6.29. The topological polar surface area (TPSA) is 52.8 Å². The van der Waals surface area contributed by atoms with Crippen LogP contribution in [0.5, 0.6) is 5.75 Å². The van der Waals surface area contributed by atoms with Crippen LogP contribution >= 0.6 is 12.6 Å². The first kappa shape index (κ1) is 16.1. The number of methoxy groups -OCH3 is 1. The standard InChI is InChI=1S/C19H20N4OS/c1-24-16-8-3-2-6-14(16)18-21-22-19(23(18)12-13-9-10-13)17(25)15-7-4-5-11-20-15/h2-8,11,13,17,25H,9-10,12H2,1H3. The highest BCUT2D eigenvalue weighted by atomic mass is 32.1. The van der Waals surface area contributed by atoms with Crippen LogP contribution in [0.2, 0.25) is 0 Å². The molecule has 4 rings (SSSR count). The Morgan fingerprint density at radius 2 is 1.96 bits per heavy atom. The van der Waals surface area contributed by atoms with Gasteiger partial charge >= 0.3 is 0 Å². The zero-order valence-electron chi connectivity index (χ0n) is 14.0. The SMILES string of the molecule is COc1ccccc1-c1nnc(C(S)c2ccccn2)n1CC1CC1. The van der Waals surface area contributed by atoms with Gasteiger partial charge in [0.15, 0.2) is 11.6 Å². The minimum atomic E-state index is -0.212. The molecular formula is C19H20N4OS. The van der Waals surface area contributed by atoms with Crippen LogP contribution in [-0.2, 0) is 6.54 Å². The molecule has 1 atom stereocenters. The van der Waals surface area contributed by atoms with E-state index in [4.69, 9.17) is 17.4 Å². The van der Waals surface area contributed by atoms with Gasteiger partial charge < -0.3 is 9.30 Å². The smallest absolute Gasteiger partial charge is 0.167 e. The summed E-state index contributed by atoms with van der Waals surface area (Å²) in [6, 6.07) is 13.8. The summed E-state index contributed by atoms with van der Waals surface area (Å²) in [7, 11) is 1.68. The van der Waals surface area contributed by atoms with E-state index in [0.29, 0.717) is 5.92 Å². The molecule has 1 aliphatic rings. The highest BCUT2D eigenvalue weighted by Crippen LogP contribution is 2.37. The molecule has 1 saturated carbocycles. The van der Waals surface area contributed by atoms with Gasteiger partial charge in [0.1, 0.15) is 11.0 Å². The average molecular weight is 352 g/mol. The summed E-state index contributed by atoms with van der Waals surface area (Å²) >= 11 is 4.78. The molecule has 128 valence electrons. The zero-order chi connectivity index (χ0) is 17.2. The maximum Gasteiger partial charge on any atom is 0.167 e. The fraction of sp³-hybridized carbons (Fsp3) is 0.316. The van der Waals surface area contributed by atoms with Crippen molar-refractivity contribution in [1.82, 2.24) is 19.7 Å². The van der Waals surface area contributed by atoms with E-state index in [0.717, 1.165) is 35.2 Å². The number of hydrogen-bond donors (Lipinski definition) is 1. The van der Waals surface area contributed by atoms with E-state index in [9.17, 15) is 0 Å². The van der Waals surface area contributed by atoms with Crippen molar-refractivity contribution in [3.63, 3.8) is 0 Å². The molecule has 0 amide bonds. The lowest BCUT2D eigenvalue weighted by Gasteiger charge is -2.15. The molecule has 1 aliphatic carbocycles. The Bertz CT molecular complexity index is 861. The Balaban J connectivity index is 1.79. The van der Waals surface area contributed by atoms with E-state index < -0.39 is 0 Å². The van der Waals surface area contributed by atoms with E-state index in [1.807, 2.05) is 42.5 Å². The summed E-state index contributed by atoms with van der Waals surface area (Å²) in [4.78, 5) is 4.42. The van der Waals surface area contributed by atoms with Crippen molar-refractivity contribution in [2.45, 2.75) is 24.6 Å². The maximum absolute atomic E-state index is 5.52. The summed E-state index contributed by atoms with van der Waals surface area (Å²) in [6.45, 7) is 0.902. The van der Waals surface area contributed by atoms with E-state index in [1.165, 1.54) is 12.8 Å². The molecule has 0 aliphatic heterocycles. The number of nitrogens with zero attached hydrogens (tertiary/aromatic N) is 4. The minimum Gasteiger partial charge on any atom is -0.496 e. The van der Waals surface area contributed by atoms with Crippen LogP contribution in [0.25, 0.3) is 11.4 Å². The number of pyridine rings is 1. The predicted octanol–water partition coefficient (Wildman–Crippen LogP) is 3.78. The van der Waals surface area contributed by atoms with Crippen LogP contribution in [0.3, 0.4) is 0 Å². The number of rotatable bonds is 6. The molecule has 2 heterocycles. The first-order valence-electron chi connectivity index (χ1n) is 8.43. The molecule has 2 aromatic heterocycles. The van der Waals surface area contributed by atoms with Crippen molar-refractivity contribution < 1.29 is 4.74 Å². The van der Waals surface area contributed by atoms with Crippen LogP contribution in [0.4, 0.5) is 0 Å². The van der Waals surface area contributed by atoms with Crippen LogP contribution in [0.15, 0.2) is 48.7 Å². The quantitative estimate of drug-likeness (QED) is 0.686. The molecule has 0 radical (unpaired) electrons. The van der Waals surface area contributed by atoms with Crippen molar-refractivity contribution >= 4 is 12.6 Å².